The molecule has 2 aliphatic rings. The molecule has 11 heteroatoms. The number of carbonyl (C=O) groups is 4. The fourth-order valence-electron chi connectivity index (χ4n) is 2.78. The first-order valence-corrected chi connectivity index (χ1v) is 8.81. The van der Waals surface area contributed by atoms with E-state index in [-0.39, 0.29) is 31.0 Å². The highest BCUT2D eigenvalue weighted by Gasteiger charge is 2.62. The van der Waals surface area contributed by atoms with E-state index in [1.165, 1.54) is 26.0 Å². The van der Waals surface area contributed by atoms with E-state index in [1.807, 2.05) is 0 Å². The maximum absolute atomic E-state index is 12.1. The van der Waals surface area contributed by atoms with Gasteiger partial charge in [-0.1, -0.05) is 19.2 Å². The molecule has 2 heterocycles. The lowest BCUT2D eigenvalue weighted by Gasteiger charge is -2.31. The SMILES string of the molecule is C=C(C)C(=O)OCCOC(=O)OC1C(OC(=O)O)C2C=CC1(COC(=O)C(=C)C)O2. The van der Waals surface area contributed by atoms with Gasteiger partial charge >= 0.3 is 24.2 Å². The highest BCUT2D eigenvalue weighted by atomic mass is 16.8. The van der Waals surface area contributed by atoms with Gasteiger partial charge in [0.05, 0.1) is 0 Å². The van der Waals surface area contributed by atoms with E-state index in [9.17, 15) is 19.2 Å². The molecule has 2 bridgehead atoms. The van der Waals surface area contributed by atoms with Crippen molar-refractivity contribution < 1.29 is 52.7 Å². The summed E-state index contributed by atoms with van der Waals surface area (Å²) in [6, 6.07) is 0. The lowest BCUT2D eigenvalue weighted by atomic mass is 9.90. The molecular weight excluding hydrogens is 404 g/mol. The Kier molecular flexibility index (Phi) is 7.22. The van der Waals surface area contributed by atoms with Gasteiger partial charge in [-0.3, -0.25) is 0 Å². The number of hydrogen-bond acceptors (Lipinski definition) is 10. The van der Waals surface area contributed by atoms with Crippen molar-refractivity contribution in [2.24, 2.45) is 0 Å². The van der Waals surface area contributed by atoms with E-state index < -0.39 is 48.2 Å². The molecule has 1 N–H and O–H groups in total. The standard InChI is InChI=1S/C19H22O11/c1-10(2)15(20)25-7-8-26-18(24)29-14-13(28-17(22)23)12-5-6-19(14,30-12)9-27-16(21)11(3)4/h5-6,12-14H,1,3,7-9H2,2,4H3,(H,22,23). The largest absolute Gasteiger partial charge is 0.508 e. The Morgan fingerprint density at radius 3 is 2.20 bits per heavy atom. The fourth-order valence-corrected chi connectivity index (χ4v) is 2.78. The zero-order chi connectivity index (χ0) is 22.5. The summed E-state index contributed by atoms with van der Waals surface area (Å²) in [7, 11) is 0. The number of hydrogen-bond donors (Lipinski definition) is 1. The summed E-state index contributed by atoms with van der Waals surface area (Å²) in [5.74, 6) is -1.35. The third-order valence-corrected chi connectivity index (χ3v) is 4.15. The van der Waals surface area contributed by atoms with Crippen LogP contribution in [0.25, 0.3) is 0 Å². The Morgan fingerprint density at radius 1 is 1.00 bits per heavy atom. The summed E-state index contributed by atoms with van der Waals surface area (Å²) >= 11 is 0. The van der Waals surface area contributed by atoms with Crippen LogP contribution < -0.4 is 0 Å². The van der Waals surface area contributed by atoms with Gasteiger partial charge in [0.2, 0.25) is 0 Å². The molecule has 2 aliphatic heterocycles. The molecule has 0 radical (unpaired) electrons. The van der Waals surface area contributed by atoms with Crippen LogP contribution in [0.3, 0.4) is 0 Å². The highest BCUT2D eigenvalue weighted by Crippen LogP contribution is 2.42. The van der Waals surface area contributed by atoms with Crippen molar-refractivity contribution in [3.8, 4) is 0 Å². The molecule has 1 saturated heterocycles. The third kappa shape index (κ3) is 5.38. The molecule has 164 valence electrons. The third-order valence-electron chi connectivity index (χ3n) is 4.15. The summed E-state index contributed by atoms with van der Waals surface area (Å²) < 4.78 is 30.4. The first kappa shape index (κ1) is 22.9. The molecule has 0 saturated carbocycles. The van der Waals surface area contributed by atoms with Crippen LogP contribution in [0.2, 0.25) is 0 Å². The van der Waals surface area contributed by atoms with Gasteiger partial charge in [0.1, 0.15) is 25.9 Å². The topological polar surface area (TPSA) is 144 Å². The molecular formula is C19H22O11. The smallest absolute Gasteiger partial charge is 0.459 e. The van der Waals surface area contributed by atoms with Crippen LogP contribution in [0.4, 0.5) is 9.59 Å². The maximum Gasteiger partial charge on any atom is 0.508 e. The van der Waals surface area contributed by atoms with Gasteiger partial charge in [-0.05, 0) is 19.9 Å². The predicted molar refractivity (Wildman–Crippen MR) is 97.4 cm³/mol. The normalized spacial score (nSPS) is 25.9. The lowest BCUT2D eigenvalue weighted by Crippen LogP contribution is -2.50. The summed E-state index contributed by atoms with van der Waals surface area (Å²) in [4.78, 5) is 46.1. The summed E-state index contributed by atoms with van der Waals surface area (Å²) in [6.45, 7) is 8.86. The molecule has 2 rings (SSSR count). The number of esters is 2. The molecule has 11 nitrogen and oxygen atoms in total. The van der Waals surface area contributed by atoms with Gasteiger partial charge in [0, 0.05) is 11.1 Å². The van der Waals surface area contributed by atoms with Crippen molar-refractivity contribution in [3.05, 3.63) is 36.5 Å². The molecule has 1 fully saturated rings. The Hall–Kier alpha value is -3.34. The highest BCUT2D eigenvalue weighted by molar-refractivity contribution is 5.87. The van der Waals surface area contributed by atoms with E-state index >= 15 is 0 Å². The number of ether oxygens (including phenoxy) is 6. The monoisotopic (exact) mass is 426 g/mol. The van der Waals surface area contributed by atoms with Crippen LogP contribution in [-0.4, -0.2) is 73.1 Å². The van der Waals surface area contributed by atoms with Crippen molar-refractivity contribution in [2.75, 3.05) is 19.8 Å². The van der Waals surface area contributed by atoms with Crippen LogP contribution in [-0.2, 0) is 38.0 Å². The van der Waals surface area contributed by atoms with Gasteiger partial charge in [-0.25, -0.2) is 19.2 Å². The second-order valence-electron chi connectivity index (χ2n) is 6.65. The van der Waals surface area contributed by atoms with Crippen molar-refractivity contribution >= 4 is 24.2 Å². The second kappa shape index (κ2) is 9.44. The van der Waals surface area contributed by atoms with E-state index in [4.69, 9.17) is 33.5 Å². The minimum Gasteiger partial charge on any atom is -0.459 e. The van der Waals surface area contributed by atoms with Gasteiger partial charge in [0.25, 0.3) is 0 Å². The molecule has 0 aromatic rings. The average Bonchev–Trinajstić information content (AvgIpc) is 3.20. The van der Waals surface area contributed by atoms with Gasteiger partial charge < -0.3 is 33.5 Å². The predicted octanol–water partition coefficient (Wildman–Crippen LogP) is 1.52. The lowest BCUT2D eigenvalue weighted by molar-refractivity contribution is -0.150. The molecule has 0 aromatic carbocycles. The van der Waals surface area contributed by atoms with Gasteiger partial charge in [-0.2, -0.15) is 0 Å². The molecule has 0 aromatic heterocycles. The number of carbonyl (C=O) groups excluding carboxylic acids is 3. The molecule has 4 unspecified atom stereocenters. The van der Waals surface area contributed by atoms with Crippen LogP contribution >= 0.6 is 0 Å². The molecule has 0 aliphatic carbocycles. The molecule has 0 spiro atoms. The van der Waals surface area contributed by atoms with Crippen molar-refractivity contribution in [2.45, 2.75) is 37.8 Å². The maximum atomic E-state index is 12.1. The Morgan fingerprint density at radius 2 is 1.60 bits per heavy atom. The summed E-state index contributed by atoms with van der Waals surface area (Å²) in [5, 5.41) is 8.97. The Balaban J connectivity index is 2.01. The van der Waals surface area contributed by atoms with E-state index in [0.717, 1.165) is 0 Å². The number of rotatable bonds is 9. The Bertz CT molecular complexity index is 783. The molecule has 4 atom stereocenters. The van der Waals surface area contributed by atoms with Crippen LogP contribution in [0, 0.1) is 0 Å². The number of fused-ring (bicyclic) bond motifs is 2. The van der Waals surface area contributed by atoms with E-state index in [0.29, 0.717) is 0 Å². The van der Waals surface area contributed by atoms with Crippen LogP contribution in [0.5, 0.6) is 0 Å². The molecule has 30 heavy (non-hydrogen) atoms. The van der Waals surface area contributed by atoms with Gasteiger partial charge in [0.15, 0.2) is 17.8 Å². The van der Waals surface area contributed by atoms with Crippen molar-refractivity contribution in [3.63, 3.8) is 0 Å². The fraction of sp³-hybridized carbons (Fsp3) is 0.474. The van der Waals surface area contributed by atoms with E-state index in [1.54, 1.807) is 0 Å². The second-order valence-corrected chi connectivity index (χ2v) is 6.65. The van der Waals surface area contributed by atoms with Crippen molar-refractivity contribution in [1.29, 1.82) is 0 Å². The first-order chi connectivity index (χ1) is 14.1. The first-order valence-electron chi connectivity index (χ1n) is 8.81. The summed E-state index contributed by atoms with van der Waals surface area (Å²) in [6.07, 6.45) is -3.11. The average molecular weight is 426 g/mol. The van der Waals surface area contributed by atoms with Gasteiger partial charge in [-0.15, -0.1) is 0 Å². The minimum absolute atomic E-state index is 0.141. The zero-order valence-electron chi connectivity index (χ0n) is 16.5. The zero-order valence-corrected chi connectivity index (χ0v) is 16.5. The minimum atomic E-state index is -1.60. The van der Waals surface area contributed by atoms with Crippen LogP contribution in [0.1, 0.15) is 13.8 Å². The van der Waals surface area contributed by atoms with E-state index in [2.05, 4.69) is 13.2 Å². The Labute approximate surface area is 171 Å². The van der Waals surface area contributed by atoms with Crippen LogP contribution in [0.15, 0.2) is 36.5 Å². The number of carboxylic acid groups (broad SMARTS) is 1. The molecule has 0 amide bonds. The quantitative estimate of drug-likeness (QED) is 0.188. The summed E-state index contributed by atoms with van der Waals surface area (Å²) in [5.41, 5.74) is -1.13. The van der Waals surface area contributed by atoms with Crippen molar-refractivity contribution in [1.82, 2.24) is 0 Å².